The van der Waals surface area contributed by atoms with Crippen LogP contribution in [-0.2, 0) is 0 Å². The highest BCUT2D eigenvalue weighted by Gasteiger charge is 2.08. The second kappa shape index (κ2) is 4.58. The summed E-state index contributed by atoms with van der Waals surface area (Å²) in [6.07, 6.45) is 0. The smallest absolute Gasteiger partial charge is 0.270 e. The van der Waals surface area contributed by atoms with Crippen molar-refractivity contribution in [3.63, 3.8) is 0 Å². The van der Waals surface area contributed by atoms with Crippen LogP contribution in [0.25, 0.3) is 0 Å². The normalized spacial score (nSPS) is 11.7. The minimum Gasteiger partial charge on any atom is -0.349 e. The van der Waals surface area contributed by atoms with Crippen LogP contribution in [0.5, 0.6) is 0 Å². The maximum absolute atomic E-state index is 11.2. The Morgan fingerprint density at radius 1 is 1.92 bits per heavy atom. The van der Waals surface area contributed by atoms with Gasteiger partial charge in [-0.15, -0.1) is 11.3 Å². The monoisotopic (exact) mass is 195 g/mol. The number of hydrogen-bond donors (Lipinski definition) is 1. The Kier molecular flexibility index (Phi) is 3.41. The molecule has 1 unspecified atom stereocenters. The van der Waals surface area contributed by atoms with Gasteiger partial charge in [0.2, 0.25) is 0 Å². The molecule has 68 valence electrons. The van der Waals surface area contributed by atoms with Crippen LogP contribution in [0.4, 0.5) is 0 Å². The molecule has 1 aromatic heterocycles. The lowest BCUT2D eigenvalue weighted by atomic mass is 10.2. The van der Waals surface area contributed by atoms with Crippen LogP contribution in [0.2, 0.25) is 0 Å². The highest BCUT2D eigenvalue weighted by atomic mass is 32.1. The summed E-state index contributed by atoms with van der Waals surface area (Å²) in [7, 11) is 0. The van der Waals surface area contributed by atoms with Crippen molar-refractivity contribution < 1.29 is 4.79 Å². The average Bonchev–Trinajstić information content (AvgIpc) is 2.66. The van der Waals surface area contributed by atoms with E-state index in [9.17, 15) is 4.79 Å². The number of nitriles is 1. The van der Waals surface area contributed by atoms with Gasteiger partial charge >= 0.3 is 0 Å². The molecule has 1 aromatic rings. The molecule has 0 aliphatic rings. The molecule has 0 fully saturated rings. The molecule has 0 aliphatic carbocycles. The molecular formula is C8H9N3OS. The molecule has 0 aromatic carbocycles. The van der Waals surface area contributed by atoms with Crippen molar-refractivity contribution in [3.8, 4) is 6.07 Å². The summed E-state index contributed by atoms with van der Waals surface area (Å²) in [5.41, 5.74) is 2.01. The van der Waals surface area contributed by atoms with E-state index in [1.807, 2.05) is 6.07 Å². The van der Waals surface area contributed by atoms with Crippen LogP contribution in [0.15, 0.2) is 10.9 Å². The Bertz CT molecular complexity index is 315. The van der Waals surface area contributed by atoms with Crippen molar-refractivity contribution in [2.75, 3.05) is 6.54 Å². The van der Waals surface area contributed by atoms with Crippen LogP contribution < -0.4 is 5.32 Å². The number of nitrogens with one attached hydrogen (secondary N) is 1. The number of hydrogen-bond acceptors (Lipinski definition) is 4. The van der Waals surface area contributed by atoms with Crippen LogP contribution in [0, 0.1) is 17.2 Å². The molecule has 0 saturated carbocycles. The van der Waals surface area contributed by atoms with Gasteiger partial charge in [-0.1, -0.05) is 0 Å². The quantitative estimate of drug-likeness (QED) is 0.783. The van der Waals surface area contributed by atoms with E-state index in [-0.39, 0.29) is 11.8 Å². The van der Waals surface area contributed by atoms with E-state index in [4.69, 9.17) is 5.26 Å². The first-order valence-electron chi connectivity index (χ1n) is 3.80. The molecule has 0 bridgehead atoms. The summed E-state index contributed by atoms with van der Waals surface area (Å²) in [5.74, 6) is -0.383. The third-order valence-corrected chi connectivity index (χ3v) is 2.04. The van der Waals surface area contributed by atoms with Gasteiger partial charge in [-0.25, -0.2) is 4.98 Å². The lowest BCUT2D eigenvalue weighted by molar-refractivity contribution is 0.0946. The van der Waals surface area contributed by atoms with Gasteiger partial charge in [-0.05, 0) is 6.92 Å². The third-order valence-electron chi connectivity index (χ3n) is 1.45. The molecular weight excluding hydrogens is 186 g/mol. The van der Waals surface area contributed by atoms with Gasteiger partial charge in [0.05, 0.1) is 17.5 Å². The van der Waals surface area contributed by atoms with Crippen LogP contribution in [0.3, 0.4) is 0 Å². The van der Waals surface area contributed by atoms with Crippen molar-refractivity contribution >= 4 is 17.2 Å². The molecule has 13 heavy (non-hydrogen) atoms. The van der Waals surface area contributed by atoms with E-state index in [1.165, 1.54) is 11.3 Å². The Morgan fingerprint density at radius 3 is 3.23 bits per heavy atom. The zero-order valence-electron chi connectivity index (χ0n) is 7.15. The van der Waals surface area contributed by atoms with Crippen molar-refractivity contribution in [1.29, 1.82) is 5.26 Å². The number of thiazole rings is 1. The van der Waals surface area contributed by atoms with Crippen molar-refractivity contribution in [1.82, 2.24) is 10.3 Å². The van der Waals surface area contributed by atoms with Crippen LogP contribution in [-0.4, -0.2) is 17.4 Å². The molecule has 0 radical (unpaired) electrons. The Morgan fingerprint density at radius 2 is 2.69 bits per heavy atom. The number of aromatic nitrogens is 1. The van der Waals surface area contributed by atoms with Gasteiger partial charge < -0.3 is 5.32 Å². The fourth-order valence-corrected chi connectivity index (χ4v) is 1.24. The first kappa shape index (κ1) is 9.68. The lowest BCUT2D eigenvalue weighted by Gasteiger charge is -2.03. The molecule has 1 heterocycles. The second-order valence-corrected chi connectivity index (χ2v) is 3.33. The molecule has 1 atom stereocenters. The van der Waals surface area contributed by atoms with Gasteiger partial charge in [0, 0.05) is 11.9 Å². The number of carbonyl (C=O) groups is 1. The van der Waals surface area contributed by atoms with Gasteiger partial charge in [-0.3, -0.25) is 4.79 Å². The van der Waals surface area contributed by atoms with Crippen LogP contribution in [0.1, 0.15) is 17.4 Å². The Balaban J connectivity index is 2.40. The summed E-state index contributed by atoms with van der Waals surface area (Å²) >= 11 is 1.37. The van der Waals surface area contributed by atoms with E-state index in [1.54, 1.807) is 17.8 Å². The van der Waals surface area contributed by atoms with Gasteiger partial charge in [0.25, 0.3) is 5.91 Å². The molecule has 0 spiro atoms. The van der Waals surface area contributed by atoms with Gasteiger partial charge in [-0.2, -0.15) is 5.26 Å². The fraction of sp³-hybridized carbons (Fsp3) is 0.375. The highest BCUT2D eigenvalue weighted by molar-refractivity contribution is 7.07. The van der Waals surface area contributed by atoms with Crippen LogP contribution >= 0.6 is 11.3 Å². The topological polar surface area (TPSA) is 65.8 Å². The molecule has 4 nitrogen and oxygen atoms in total. The molecule has 1 N–H and O–H groups in total. The number of carbonyl (C=O) groups excluding carboxylic acids is 1. The molecule has 0 saturated heterocycles. The van der Waals surface area contributed by atoms with E-state index in [0.29, 0.717) is 12.2 Å². The standard InChI is InChI=1S/C8H9N3OS/c1-6(2-9)3-10-8(12)7-4-13-5-11-7/h4-6H,3H2,1H3,(H,10,12). The fourth-order valence-electron chi connectivity index (χ4n) is 0.707. The molecule has 1 rings (SSSR count). The summed E-state index contributed by atoms with van der Waals surface area (Å²) < 4.78 is 0. The SMILES string of the molecule is CC(C#N)CNC(=O)c1cscn1. The summed E-state index contributed by atoms with van der Waals surface area (Å²) in [6.45, 7) is 2.12. The number of rotatable bonds is 3. The lowest BCUT2D eigenvalue weighted by Crippen LogP contribution is -2.27. The third kappa shape index (κ3) is 2.84. The molecule has 5 heteroatoms. The van der Waals surface area contributed by atoms with E-state index in [0.717, 1.165) is 0 Å². The van der Waals surface area contributed by atoms with E-state index >= 15 is 0 Å². The first-order valence-corrected chi connectivity index (χ1v) is 4.74. The maximum Gasteiger partial charge on any atom is 0.270 e. The van der Waals surface area contributed by atoms with Gasteiger partial charge in [0.1, 0.15) is 5.69 Å². The number of nitrogens with zero attached hydrogens (tertiary/aromatic N) is 2. The Hall–Kier alpha value is -1.41. The maximum atomic E-state index is 11.2. The van der Waals surface area contributed by atoms with Crippen molar-refractivity contribution in [2.24, 2.45) is 5.92 Å². The molecule has 0 aliphatic heterocycles. The summed E-state index contributed by atoms with van der Waals surface area (Å²) in [6, 6.07) is 2.03. The number of amides is 1. The minimum atomic E-state index is -0.219. The first-order chi connectivity index (χ1) is 6.24. The predicted octanol–water partition coefficient (Wildman–Crippen LogP) is 1.03. The zero-order valence-corrected chi connectivity index (χ0v) is 7.97. The van der Waals surface area contributed by atoms with E-state index < -0.39 is 0 Å². The van der Waals surface area contributed by atoms with Crippen molar-refractivity contribution in [3.05, 3.63) is 16.6 Å². The summed E-state index contributed by atoms with van der Waals surface area (Å²) in [4.78, 5) is 15.1. The van der Waals surface area contributed by atoms with Crippen molar-refractivity contribution in [2.45, 2.75) is 6.92 Å². The second-order valence-electron chi connectivity index (χ2n) is 2.61. The largest absolute Gasteiger partial charge is 0.349 e. The molecule has 1 amide bonds. The minimum absolute atomic E-state index is 0.164. The highest BCUT2D eigenvalue weighted by Crippen LogP contribution is 2.00. The summed E-state index contributed by atoms with van der Waals surface area (Å²) in [5, 5.41) is 12.8. The Labute approximate surface area is 80.2 Å². The van der Waals surface area contributed by atoms with Gasteiger partial charge in [0.15, 0.2) is 0 Å². The zero-order chi connectivity index (χ0) is 9.68. The van der Waals surface area contributed by atoms with E-state index in [2.05, 4.69) is 10.3 Å². The average molecular weight is 195 g/mol. The predicted molar refractivity (Wildman–Crippen MR) is 49.2 cm³/mol.